The Labute approximate surface area is 194 Å². The molecule has 1 N–H and O–H groups in total. The van der Waals surface area contributed by atoms with E-state index in [1.165, 1.54) is 18.8 Å². The van der Waals surface area contributed by atoms with Crippen LogP contribution in [0.4, 0.5) is 11.4 Å². The van der Waals surface area contributed by atoms with E-state index in [-0.39, 0.29) is 16.0 Å². The molecule has 0 unspecified atom stereocenters. The van der Waals surface area contributed by atoms with Gasteiger partial charge in [0.1, 0.15) is 5.75 Å². The van der Waals surface area contributed by atoms with E-state index in [0.717, 1.165) is 21.8 Å². The van der Waals surface area contributed by atoms with Crippen LogP contribution in [0.3, 0.4) is 0 Å². The van der Waals surface area contributed by atoms with Crippen LogP contribution in [-0.2, 0) is 11.8 Å². The number of halogens is 2. The number of aromatic nitrogens is 2. The van der Waals surface area contributed by atoms with Crippen molar-refractivity contribution in [1.82, 2.24) is 9.55 Å². The third-order valence-electron chi connectivity index (χ3n) is 5.09. The van der Waals surface area contributed by atoms with E-state index in [4.69, 9.17) is 32.7 Å². The number of rotatable bonds is 6. The Kier molecular flexibility index (Phi) is 6.21. The van der Waals surface area contributed by atoms with Crippen molar-refractivity contribution in [1.29, 1.82) is 0 Å². The first kappa shape index (κ1) is 21.9. The van der Waals surface area contributed by atoms with Gasteiger partial charge in [0.15, 0.2) is 6.40 Å². The Morgan fingerprint density at radius 2 is 1.97 bits per heavy atom. The number of carbonyl (C=O) groups is 1. The van der Waals surface area contributed by atoms with Crippen LogP contribution in [0.25, 0.3) is 21.8 Å². The van der Waals surface area contributed by atoms with Gasteiger partial charge in [0.05, 0.1) is 40.7 Å². The Morgan fingerprint density at radius 1 is 1.22 bits per heavy atom. The molecule has 0 aliphatic carbocycles. The van der Waals surface area contributed by atoms with Crippen LogP contribution in [0.2, 0.25) is 10.0 Å². The highest BCUT2D eigenvalue weighted by Gasteiger charge is 2.21. The van der Waals surface area contributed by atoms with Gasteiger partial charge in [0.2, 0.25) is 0 Å². The van der Waals surface area contributed by atoms with Crippen molar-refractivity contribution in [2.75, 3.05) is 19.0 Å². The summed E-state index contributed by atoms with van der Waals surface area (Å²) < 4.78 is 12.8. The summed E-state index contributed by atoms with van der Waals surface area (Å²) in [4.78, 5) is 21.6. The average Bonchev–Trinajstić information content (AvgIpc) is 3.08. The second-order valence-electron chi connectivity index (χ2n) is 6.92. The smallest absolute Gasteiger partial charge is 0.256 e. The second-order valence-corrected chi connectivity index (χ2v) is 7.74. The highest BCUT2D eigenvalue weighted by Crippen LogP contribution is 2.39. The van der Waals surface area contributed by atoms with Gasteiger partial charge in [-0.25, -0.2) is 4.99 Å². The number of amides is 1. The number of fused-ring (bicyclic) bond motifs is 3. The van der Waals surface area contributed by atoms with E-state index in [1.807, 2.05) is 36.7 Å². The van der Waals surface area contributed by atoms with Crippen LogP contribution in [0, 0.1) is 0 Å². The normalized spacial score (nSPS) is 11.4. The van der Waals surface area contributed by atoms with Crippen molar-refractivity contribution in [3.63, 3.8) is 0 Å². The number of ether oxygens (including phenoxy) is 2. The minimum Gasteiger partial charge on any atom is -0.495 e. The Balaban J connectivity index is 1.92. The molecular weight excluding hydrogens is 451 g/mol. The molecule has 32 heavy (non-hydrogen) atoms. The number of nitrogens with one attached hydrogen (secondary N) is 1. The van der Waals surface area contributed by atoms with Gasteiger partial charge in [-0.15, -0.1) is 0 Å². The molecule has 7 nitrogen and oxygen atoms in total. The Hall–Kier alpha value is -3.29. The molecule has 1 amide bonds. The summed E-state index contributed by atoms with van der Waals surface area (Å²) in [5.41, 5.74) is 3.16. The van der Waals surface area contributed by atoms with E-state index in [2.05, 4.69) is 15.3 Å². The van der Waals surface area contributed by atoms with Gasteiger partial charge in [-0.1, -0.05) is 23.2 Å². The number of aryl methyl sites for hydroxylation is 1. The summed E-state index contributed by atoms with van der Waals surface area (Å²) in [5.74, 6) is 0.290. The molecule has 164 valence electrons. The minimum absolute atomic E-state index is 0.251. The number of aliphatic imine (C=N–C) groups is 1. The van der Waals surface area contributed by atoms with Crippen molar-refractivity contribution >= 4 is 68.7 Å². The predicted octanol–water partition coefficient (Wildman–Crippen LogP) is 5.99. The van der Waals surface area contributed by atoms with Gasteiger partial charge >= 0.3 is 0 Å². The highest BCUT2D eigenvalue weighted by molar-refractivity contribution is 6.40. The zero-order valence-electron chi connectivity index (χ0n) is 17.6. The van der Waals surface area contributed by atoms with Crippen LogP contribution in [0.1, 0.15) is 17.3 Å². The lowest BCUT2D eigenvalue weighted by atomic mass is 10.0. The molecule has 9 heteroatoms. The fraction of sp³-hybridized carbons (Fsp3) is 0.174. The number of pyridine rings is 1. The molecule has 2 heterocycles. The van der Waals surface area contributed by atoms with Crippen molar-refractivity contribution in [3.05, 3.63) is 58.3 Å². The van der Waals surface area contributed by atoms with Crippen molar-refractivity contribution in [3.8, 4) is 5.75 Å². The number of carbonyl (C=O) groups excluding carboxylic acids is 1. The van der Waals surface area contributed by atoms with Gasteiger partial charge in [0.25, 0.3) is 5.91 Å². The summed E-state index contributed by atoms with van der Waals surface area (Å²) in [5, 5.41) is 4.90. The average molecular weight is 471 g/mol. The first-order valence-electron chi connectivity index (χ1n) is 9.79. The van der Waals surface area contributed by atoms with Crippen molar-refractivity contribution in [2.24, 2.45) is 12.0 Å². The van der Waals surface area contributed by atoms with Gasteiger partial charge in [-0.3, -0.25) is 9.78 Å². The summed E-state index contributed by atoms with van der Waals surface area (Å²) in [7, 11) is 3.52. The first-order chi connectivity index (χ1) is 15.5. The Morgan fingerprint density at radius 3 is 2.66 bits per heavy atom. The van der Waals surface area contributed by atoms with E-state index in [1.54, 1.807) is 19.2 Å². The molecular formula is C23H20Cl2N4O3. The molecule has 0 saturated heterocycles. The summed E-state index contributed by atoms with van der Waals surface area (Å²) in [6.45, 7) is 2.42. The van der Waals surface area contributed by atoms with Gasteiger partial charge in [-0.05, 0) is 37.3 Å². The minimum atomic E-state index is -0.358. The molecule has 4 aromatic rings. The van der Waals surface area contributed by atoms with Crippen LogP contribution in [0.5, 0.6) is 5.75 Å². The van der Waals surface area contributed by atoms with Crippen molar-refractivity contribution in [2.45, 2.75) is 6.92 Å². The summed E-state index contributed by atoms with van der Waals surface area (Å²) >= 11 is 12.4. The van der Waals surface area contributed by atoms with E-state index in [0.29, 0.717) is 29.3 Å². The number of hydrogen-bond acceptors (Lipinski definition) is 5. The zero-order valence-corrected chi connectivity index (χ0v) is 19.2. The molecule has 0 spiro atoms. The number of anilines is 1. The number of methoxy groups -OCH3 is 1. The zero-order chi connectivity index (χ0) is 22.8. The second kappa shape index (κ2) is 9.06. The maximum Gasteiger partial charge on any atom is 0.256 e. The standard InChI is InChI=1S/C23H20Cl2N4O3/c1-4-32-12-27-13-5-7-18-15(9-13)20-14(6-8-19(31-3)22(20)29(18)2)23(30)28-21-16(24)10-26-11-17(21)25/h5-12H,4H2,1-3H3,(H,26,28,30)/b27-12+. The monoisotopic (exact) mass is 470 g/mol. The topological polar surface area (TPSA) is 77.7 Å². The fourth-order valence-electron chi connectivity index (χ4n) is 3.63. The number of hydrogen-bond donors (Lipinski definition) is 1. The highest BCUT2D eigenvalue weighted by atomic mass is 35.5. The molecule has 0 saturated carbocycles. The van der Waals surface area contributed by atoms with Gasteiger partial charge in [0, 0.05) is 41.3 Å². The largest absolute Gasteiger partial charge is 0.495 e. The molecule has 2 aromatic carbocycles. The Bertz CT molecular complexity index is 1340. The quantitative estimate of drug-likeness (QED) is 0.277. The predicted molar refractivity (Wildman–Crippen MR) is 129 cm³/mol. The third kappa shape index (κ3) is 3.85. The van der Waals surface area contributed by atoms with Gasteiger partial charge in [-0.2, -0.15) is 0 Å². The maximum atomic E-state index is 13.3. The molecule has 0 radical (unpaired) electrons. The number of nitrogens with zero attached hydrogens (tertiary/aromatic N) is 3. The summed E-state index contributed by atoms with van der Waals surface area (Å²) in [6, 6.07) is 9.23. The van der Waals surface area contributed by atoms with Crippen LogP contribution in [0.15, 0.2) is 47.7 Å². The summed E-state index contributed by atoms with van der Waals surface area (Å²) in [6.07, 6.45) is 4.26. The molecule has 2 aromatic heterocycles. The SMILES string of the molecule is CCO/C=N/c1ccc2c(c1)c1c(C(=O)Nc3c(Cl)cncc3Cl)ccc(OC)c1n2C. The third-order valence-corrected chi connectivity index (χ3v) is 5.66. The molecule has 0 bridgehead atoms. The molecule has 0 aliphatic heterocycles. The van der Waals surface area contributed by atoms with Gasteiger partial charge < -0.3 is 19.4 Å². The van der Waals surface area contributed by atoms with E-state index >= 15 is 0 Å². The van der Waals surface area contributed by atoms with Crippen molar-refractivity contribution < 1.29 is 14.3 Å². The van der Waals surface area contributed by atoms with E-state index < -0.39 is 0 Å². The molecule has 0 atom stereocenters. The van der Waals surface area contributed by atoms with Crippen LogP contribution < -0.4 is 10.1 Å². The van der Waals surface area contributed by atoms with E-state index in [9.17, 15) is 4.79 Å². The fourth-order valence-corrected chi connectivity index (χ4v) is 4.09. The molecule has 0 fully saturated rings. The van der Waals surface area contributed by atoms with Crippen LogP contribution in [-0.4, -0.2) is 35.6 Å². The molecule has 0 aliphatic rings. The lowest BCUT2D eigenvalue weighted by Crippen LogP contribution is -2.13. The maximum absolute atomic E-state index is 13.3. The lowest BCUT2D eigenvalue weighted by Gasteiger charge is -2.11. The number of benzene rings is 2. The lowest BCUT2D eigenvalue weighted by molar-refractivity contribution is 0.102. The molecule has 4 rings (SSSR count). The van der Waals surface area contributed by atoms with Crippen LogP contribution >= 0.6 is 23.2 Å². The first-order valence-corrected chi connectivity index (χ1v) is 10.6.